The fraction of sp³-hybridized carbons (Fsp3) is 0.273. The molecule has 0 bridgehead atoms. The van der Waals surface area contributed by atoms with Crippen LogP contribution < -0.4 is 5.32 Å². The molecule has 3 nitrogen and oxygen atoms in total. The van der Waals surface area contributed by atoms with Crippen LogP contribution in [0.5, 0.6) is 0 Å². The summed E-state index contributed by atoms with van der Waals surface area (Å²) in [5.74, 6) is -3.98. The van der Waals surface area contributed by atoms with E-state index in [9.17, 15) is 17.6 Å². The second kappa shape index (κ2) is 4.75. The van der Waals surface area contributed by atoms with Crippen molar-refractivity contribution in [2.75, 3.05) is 11.9 Å². The Morgan fingerprint density at radius 3 is 2.61 bits per heavy atom. The number of benzene rings is 1. The van der Waals surface area contributed by atoms with Gasteiger partial charge in [0.15, 0.2) is 0 Å². The van der Waals surface area contributed by atoms with Gasteiger partial charge in [0.25, 0.3) is 0 Å². The van der Waals surface area contributed by atoms with Gasteiger partial charge >= 0.3 is 12.3 Å². The van der Waals surface area contributed by atoms with Crippen LogP contribution in [0, 0.1) is 0 Å². The van der Waals surface area contributed by atoms with E-state index in [2.05, 4.69) is 15.3 Å². The molecule has 1 aromatic carbocycles. The topological polar surface area (TPSA) is 37.8 Å². The fourth-order valence-corrected chi connectivity index (χ4v) is 1.42. The molecule has 0 spiro atoms. The third-order valence-corrected chi connectivity index (χ3v) is 2.35. The SMILES string of the molecule is FC(F)C(F)(F)CNc1ncnc2ccccc12. The van der Waals surface area contributed by atoms with Gasteiger partial charge < -0.3 is 5.32 Å². The van der Waals surface area contributed by atoms with Crippen molar-refractivity contribution in [1.82, 2.24) is 9.97 Å². The first-order valence-electron chi connectivity index (χ1n) is 5.10. The Morgan fingerprint density at radius 2 is 1.89 bits per heavy atom. The smallest absolute Gasteiger partial charge is 0.324 e. The minimum absolute atomic E-state index is 0.112. The maximum absolute atomic E-state index is 12.8. The van der Waals surface area contributed by atoms with E-state index < -0.39 is 18.9 Å². The van der Waals surface area contributed by atoms with Gasteiger partial charge in [-0.15, -0.1) is 0 Å². The number of para-hydroxylation sites is 1. The van der Waals surface area contributed by atoms with Gasteiger partial charge in [0.1, 0.15) is 12.1 Å². The van der Waals surface area contributed by atoms with Crippen LogP contribution in [-0.4, -0.2) is 28.9 Å². The van der Waals surface area contributed by atoms with Gasteiger partial charge in [0.05, 0.1) is 12.1 Å². The van der Waals surface area contributed by atoms with Crippen molar-refractivity contribution in [3.05, 3.63) is 30.6 Å². The Morgan fingerprint density at radius 1 is 1.17 bits per heavy atom. The molecule has 0 saturated carbocycles. The lowest BCUT2D eigenvalue weighted by Crippen LogP contribution is -2.35. The van der Waals surface area contributed by atoms with Crippen LogP contribution in [0.3, 0.4) is 0 Å². The van der Waals surface area contributed by atoms with Crippen LogP contribution in [0.2, 0.25) is 0 Å². The van der Waals surface area contributed by atoms with E-state index in [1.807, 2.05) is 0 Å². The van der Waals surface area contributed by atoms with E-state index >= 15 is 0 Å². The van der Waals surface area contributed by atoms with E-state index in [4.69, 9.17) is 0 Å². The normalized spacial score (nSPS) is 12.1. The monoisotopic (exact) mass is 259 g/mol. The first-order valence-corrected chi connectivity index (χ1v) is 5.10. The summed E-state index contributed by atoms with van der Waals surface area (Å²) in [6, 6.07) is 6.71. The minimum atomic E-state index is -4.09. The van der Waals surface area contributed by atoms with Crippen molar-refractivity contribution in [1.29, 1.82) is 0 Å². The van der Waals surface area contributed by atoms with Gasteiger partial charge in [0, 0.05) is 5.39 Å². The van der Waals surface area contributed by atoms with Crippen LogP contribution in [0.1, 0.15) is 0 Å². The number of rotatable bonds is 4. The third-order valence-electron chi connectivity index (χ3n) is 2.35. The number of aromatic nitrogens is 2. The van der Waals surface area contributed by atoms with Crippen molar-refractivity contribution in [2.45, 2.75) is 12.3 Å². The summed E-state index contributed by atoms with van der Waals surface area (Å²) in [5, 5.41) is 2.73. The Balaban J connectivity index is 2.22. The molecule has 0 unspecified atom stereocenters. The Labute approximate surface area is 99.9 Å². The summed E-state index contributed by atoms with van der Waals surface area (Å²) in [6.45, 7) is -1.17. The molecule has 0 aliphatic carbocycles. The van der Waals surface area contributed by atoms with Crippen molar-refractivity contribution in [3.63, 3.8) is 0 Å². The average molecular weight is 259 g/mol. The van der Waals surface area contributed by atoms with Crippen LogP contribution in [0.4, 0.5) is 23.4 Å². The molecular formula is C11H9F4N3. The predicted octanol–water partition coefficient (Wildman–Crippen LogP) is 2.94. The zero-order chi connectivity index (χ0) is 13.2. The number of hydrogen-bond donors (Lipinski definition) is 1. The molecule has 0 aliphatic rings. The highest BCUT2D eigenvalue weighted by molar-refractivity contribution is 5.88. The lowest BCUT2D eigenvalue weighted by Gasteiger charge is -2.16. The molecule has 0 saturated heterocycles. The standard InChI is InChI=1S/C11H9F4N3/c12-10(13)11(14,15)5-16-9-7-3-1-2-4-8(7)17-6-18-9/h1-4,6,10H,5H2,(H,16,17,18). The predicted molar refractivity (Wildman–Crippen MR) is 59.0 cm³/mol. The van der Waals surface area contributed by atoms with Gasteiger partial charge in [-0.1, -0.05) is 12.1 Å². The summed E-state index contributed by atoms with van der Waals surface area (Å²) >= 11 is 0. The second-order valence-corrected chi connectivity index (χ2v) is 3.65. The highest BCUT2D eigenvalue weighted by Gasteiger charge is 2.40. The maximum Gasteiger partial charge on any atom is 0.324 e. The molecule has 2 rings (SSSR count). The van der Waals surface area contributed by atoms with E-state index in [-0.39, 0.29) is 5.82 Å². The molecule has 1 aromatic heterocycles. The third kappa shape index (κ3) is 2.49. The van der Waals surface area contributed by atoms with Gasteiger partial charge in [-0.2, -0.15) is 8.78 Å². The second-order valence-electron chi connectivity index (χ2n) is 3.65. The summed E-state index contributed by atoms with van der Waals surface area (Å²) in [5.41, 5.74) is 0.551. The lowest BCUT2D eigenvalue weighted by atomic mass is 10.2. The molecule has 2 aromatic rings. The molecule has 0 amide bonds. The number of fused-ring (bicyclic) bond motifs is 1. The Kier molecular flexibility index (Phi) is 3.31. The first kappa shape index (κ1) is 12.5. The molecule has 0 fully saturated rings. The Bertz CT molecular complexity index is 539. The van der Waals surface area contributed by atoms with Crippen molar-refractivity contribution < 1.29 is 17.6 Å². The van der Waals surface area contributed by atoms with E-state index in [0.717, 1.165) is 0 Å². The molecular weight excluding hydrogens is 250 g/mol. The van der Waals surface area contributed by atoms with Crippen molar-refractivity contribution in [3.8, 4) is 0 Å². The van der Waals surface area contributed by atoms with Gasteiger partial charge in [0.2, 0.25) is 0 Å². The molecule has 1 heterocycles. The van der Waals surface area contributed by atoms with Crippen LogP contribution in [-0.2, 0) is 0 Å². The van der Waals surface area contributed by atoms with Gasteiger partial charge in [-0.05, 0) is 12.1 Å². The summed E-state index contributed by atoms with van der Waals surface area (Å²) in [6.07, 6.45) is -2.52. The summed E-state index contributed by atoms with van der Waals surface area (Å²) < 4.78 is 49.6. The Hall–Kier alpha value is -1.92. The number of halogens is 4. The number of alkyl halides is 4. The zero-order valence-corrected chi connectivity index (χ0v) is 9.08. The number of nitrogens with zero attached hydrogens (tertiary/aromatic N) is 2. The molecule has 96 valence electrons. The molecule has 0 atom stereocenters. The number of anilines is 1. The van der Waals surface area contributed by atoms with Crippen molar-refractivity contribution >= 4 is 16.7 Å². The summed E-state index contributed by atoms with van der Waals surface area (Å²) in [4.78, 5) is 7.70. The maximum atomic E-state index is 12.8. The van der Waals surface area contributed by atoms with Crippen molar-refractivity contribution in [2.24, 2.45) is 0 Å². The van der Waals surface area contributed by atoms with Gasteiger partial charge in [-0.25, -0.2) is 18.7 Å². The quantitative estimate of drug-likeness (QED) is 0.858. The van der Waals surface area contributed by atoms with E-state index in [0.29, 0.717) is 10.9 Å². The molecule has 18 heavy (non-hydrogen) atoms. The van der Waals surface area contributed by atoms with Crippen LogP contribution >= 0.6 is 0 Å². The highest BCUT2D eigenvalue weighted by atomic mass is 19.3. The zero-order valence-electron chi connectivity index (χ0n) is 9.08. The first-order chi connectivity index (χ1) is 8.50. The van der Waals surface area contributed by atoms with E-state index in [1.165, 1.54) is 6.33 Å². The van der Waals surface area contributed by atoms with Gasteiger partial charge in [-0.3, -0.25) is 0 Å². The molecule has 0 aliphatic heterocycles. The average Bonchev–Trinajstić information content (AvgIpc) is 2.36. The number of hydrogen-bond acceptors (Lipinski definition) is 3. The summed E-state index contributed by atoms with van der Waals surface area (Å²) in [7, 11) is 0. The fourth-order valence-electron chi connectivity index (χ4n) is 1.42. The lowest BCUT2D eigenvalue weighted by molar-refractivity contribution is -0.117. The minimum Gasteiger partial charge on any atom is -0.363 e. The van der Waals surface area contributed by atoms with Crippen LogP contribution in [0.15, 0.2) is 30.6 Å². The molecule has 1 N–H and O–H groups in total. The molecule has 7 heteroatoms. The molecule has 0 radical (unpaired) electrons. The van der Waals surface area contributed by atoms with E-state index in [1.54, 1.807) is 24.3 Å². The number of nitrogens with one attached hydrogen (secondary N) is 1. The largest absolute Gasteiger partial charge is 0.363 e. The highest BCUT2D eigenvalue weighted by Crippen LogP contribution is 2.24. The van der Waals surface area contributed by atoms with Crippen LogP contribution in [0.25, 0.3) is 10.9 Å².